The Bertz CT molecular complexity index is 3080. The molecule has 5 aliphatic carbocycles. The SMILES string of the molecule is COCCC[C@@H]1Oc2c3cc(c4cc(O)ccc24)OCC#C[C@@H]2CNC4(CCCC4)N[C@@]24[C@@H]2C=C[C@@H]([C@H](O)C2)[C@@H]4O[C@@H]3[C@@H]1[C@H]1COc2c(Cc3cc(O)ccc3-c3cccc(O)c3)cc(OC3CCCC3)cc2[C@H]1O. The number of phenolic OH excluding ortho intramolecular Hbond substituents is 3. The molecule has 11 atom stereocenters. The van der Waals surface area contributed by atoms with E-state index in [-0.39, 0.29) is 60.0 Å². The van der Waals surface area contributed by atoms with E-state index in [2.05, 4.69) is 34.6 Å². The Kier molecular flexibility index (Phi) is 12.7. The molecule has 13 heteroatoms. The molecule has 9 aliphatic rings. The zero-order valence-corrected chi connectivity index (χ0v) is 42.5. The van der Waals surface area contributed by atoms with Crippen molar-refractivity contribution in [3.63, 3.8) is 0 Å². The third-order valence-electron chi connectivity index (χ3n) is 18.2. The number of hydrogen-bond acceptors (Lipinski definition) is 13. The van der Waals surface area contributed by atoms with E-state index in [0.717, 1.165) is 84.6 Å². The highest BCUT2D eigenvalue weighted by Crippen LogP contribution is 2.59. The van der Waals surface area contributed by atoms with Crippen LogP contribution in [0.3, 0.4) is 0 Å². The van der Waals surface area contributed by atoms with Crippen LogP contribution in [0.2, 0.25) is 0 Å². The summed E-state index contributed by atoms with van der Waals surface area (Å²) in [5.74, 6) is 8.09. The van der Waals surface area contributed by atoms with Crippen molar-refractivity contribution in [3.8, 4) is 63.2 Å². The second-order valence-electron chi connectivity index (χ2n) is 22.6. The van der Waals surface area contributed by atoms with Gasteiger partial charge in [0.25, 0.3) is 0 Å². The Hall–Kier alpha value is -5.98. The number of phenols is 3. The summed E-state index contributed by atoms with van der Waals surface area (Å²) in [6.07, 6.45) is 11.4. The van der Waals surface area contributed by atoms with Crippen LogP contribution < -0.4 is 29.6 Å². The lowest BCUT2D eigenvalue weighted by molar-refractivity contribution is -0.208. The zero-order chi connectivity index (χ0) is 51.0. The third kappa shape index (κ3) is 8.57. The first-order valence-electron chi connectivity index (χ1n) is 27.5. The van der Waals surface area contributed by atoms with Crippen LogP contribution in [-0.4, -0.2) is 94.6 Å². The van der Waals surface area contributed by atoms with Crippen molar-refractivity contribution in [1.29, 1.82) is 0 Å². The van der Waals surface area contributed by atoms with Gasteiger partial charge in [-0.25, -0.2) is 0 Å². The lowest BCUT2D eigenvalue weighted by atomic mass is 9.55. The van der Waals surface area contributed by atoms with Crippen LogP contribution >= 0.6 is 0 Å². The summed E-state index contributed by atoms with van der Waals surface area (Å²) in [6, 6.07) is 23.6. The molecule has 13 nitrogen and oxygen atoms in total. The Morgan fingerprint density at radius 2 is 1.64 bits per heavy atom. The third-order valence-corrected chi connectivity index (χ3v) is 18.2. The molecule has 1 saturated heterocycles. The smallest absolute Gasteiger partial charge is 0.149 e. The fraction of sp³-hybridized carbons (Fsp3) is 0.484. The summed E-state index contributed by atoms with van der Waals surface area (Å²) < 4.78 is 41.7. The van der Waals surface area contributed by atoms with Gasteiger partial charge in [-0.1, -0.05) is 55.0 Å². The fourth-order valence-corrected chi connectivity index (χ4v) is 14.8. The zero-order valence-electron chi connectivity index (χ0n) is 42.5. The van der Waals surface area contributed by atoms with E-state index in [0.29, 0.717) is 72.8 Å². The van der Waals surface area contributed by atoms with Crippen LogP contribution in [0.25, 0.3) is 21.9 Å². The summed E-state index contributed by atoms with van der Waals surface area (Å²) in [5, 5.41) is 67.6. The molecule has 75 heavy (non-hydrogen) atoms. The topological polar surface area (TPSA) is 181 Å². The van der Waals surface area contributed by atoms with Gasteiger partial charge in [-0.3, -0.25) is 10.6 Å². The highest BCUT2D eigenvalue weighted by molar-refractivity contribution is 5.96. The van der Waals surface area contributed by atoms with Crippen molar-refractivity contribution in [2.75, 3.05) is 33.5 Å². The number of ether oxygens (including phenoxy) is 6. The molecule has 7 N–H and O–H groups in total. The van der Waals surface area contributed by atoms with Gasteiger partial charge in [-0.2, -0.15) is 0 Å². The summed E-state index contributed by atoms with van der Waals surface area (Å²) in [4.78, 5) is 0. The molecule has 4 heterocycles. The van der Waals surface area contributed by atoms with Crippen LogP contribution in [0.15, 0.2) is 91.0 Å². The summed E-state index contributed by atoms with van der Waals surface area (Å²) in [5.41, 5.74) is 3.65. The van der Waals surface area contributed by atoms with Gasteiger partial charge < -0.3 is 54.0 Å². The van der Waals surface area contributed by atoms with Crippen molar-refractivity contribution in [2.45, 2.75) is 125 Å². The van der Waals surface area contributed by atoms with E-state index >= 15 is 0 Å². The largest absolute Gasteiger partial charge is 0.508 e. The molecule has 4 aliphatic heterocycles. The van der Waals surface area contributed by atoms with E-state index in [1.54, 1.807) is 49.6 Å². The van der Waals surface area contributed by atoms with Crippen LogP contribution in [0.4, 0.5) is 0 Å². The normalized spacial score (nSPS) is 31.1. The highest BCUT2D eigenvalue weighted by atomic mass is 16.5. The number of aromatic hydroxyl groups is 3. The van der Waals surface area contributed by atoms with Gasteiger partial charge >= 0.3 is 0 Å². The first-order valence-corrected chi connectivity index (χ1v) is 27.5. The van der Waals surface area contributed by atoms with Gasteiger partial charge in [0.05, 0.1) is 54.2 Å². The molecule has 5 aromatic carbocycles. The van der Waals surface area contributed by atoms with Crippen LogP contribution in [-0.2, 0) is 15.9 Å². The van der Waals surface area contributed by atoms with E-state index in [4.69, 9.17) is 28.4 Å². The van der Waals surface area contributed by atoms with E-state index < -0.39 is 47.9 Å². The van der Waals surface area contributed by atoms with E-state index in [1.165, 1.54) is 0 Å². The standard InChI is InChI=1S/C62H68N2O11/c1-70-23-8-14-53-55(51-34-72-57-37(28-44(31-49(57)56(51)69)73-43-12-2-3-13-43)25-36-27-41(66)16-19-45(36)35-9-6-11-40(65)26-35)59-50-32-54(48-30-42(67)17-20-46(48)58(50)74-53)71-24-7-10-39-33-63-61(21-4-5-22-61)64-62(39)38-15-18-47(52(68)29-38)60(62)75-59/h6,9,11,15-20,26-28,30-32,38-39,43,47,51-53,55-56,59-60,63-69H,2-5,8,12-14,21-25,29,33-34H2,1H3/t38-,39-,47+,51-,52-,53+,55-,56-,59+,60+,62+/m1/s1. The maximum atomic E-state index is 13.5. The minimum atomic E-state index is -1.08. The van der Waals surface area contributed by atoms with Gasteiger partial charge in [0, 0.05) is 77.8 Å². The molecule has 0 radical (unpaired) electrons. The number of fused-ring (bicyclic) bond motifs is 6. The number of rotatable bonds is 10. The molecule has 4 fully saturated rings. The molecule has 0 amide bonds. The Morgan fingerprint density at radius 1 is 0.813 bits per heavy atom. The van der Waals surface area contributed by atoms with Gasteiger partial charge in [0.1, 0.15) is 53.0 Å². The summed E-state index contributed by atoms with van der Waals surface area (Å²) in [6.45, 7) is 1.39. The van der Waals surface area contributed by atoms with Gasteiger partial charge in [0.15, 0.2) is 0 Å². The van der Waals surface area contributed by atoms with Crippen LogP contribution in [0.1, 0.15) is 105 Å². The van der Waals surface area contributed by atoms with Crippen LogP contribution in [0.5, 0.6) is 40.2 Å². The molecule has 0 aromatic heterocycles. The van der Waals surface area contributed by atoms with Crippen molar-refractivity contribution >= 4 is 10.8 Å². The number of aliphatic hydroxyl groups is 2. The number of aliphatic hydroxyl groups excluding tert-OH is 2. The molecule has 0 unspecified atom stereocenters. The first kappa shape index (κ1) is 48.6. The number of benzene rings is 5. The Morgan fingerprint density at radius 3 is 2.47 bits per heavy atom. The number of nitrogens with one attached hydrogen (secondary N) is 2. The lowest BCUT2D eigenvalue weighted by Crippen LogP contribution is -2.81. The monoisotopic (exact) mass is 1020 g/mol. The van der Waals surface area contributed by atoms with Crippen molar-refractivity contribution < 1.29 is 54.0 Å². The predicted octanol–water partition coefficient (Wildman–Crippen LogP) is 9.29. The first-order chi connectivity index (χ1) is 36.6. The maximum Gasteiger partial charge on any atom is 0.149 e. The fourth-order valence-electron chi connectivity index (χ4n) is 14.8. The van der Waals surface area contributed by atoms with E-state index in [9.17, 15) is 25.5 Å². The van der Waals surface area contributed by atoms with Crippen molar-refractivity contribution in [3.05, 3.63) is 113 Å². The molecule has 392 valence electrons. The molecule has 3 saturated carbocycles. The lowest BCUT2D eigenvalue weighted by Gasteiger charge is -2.64. The molecule has 14 rings (SSSR count). The van der Waals surface area contributed by atoms with Crippen molar-refractivity contribution in [1.82, 2.24) is 10.6 Å². The van der Waals surface area contributed by atoms with Gasteiger partial charge in [-0.05, 0) is 135 Å². The second-order valence-corrected chi connectivity index (χ2v) is 22.6. The average molecular weight is 1020 g/mol. The van der Waals surface area contributed by atoms with Crippen molar-refractivity contribution in [2.24, 2.45) is 29.6 Å². The number of hydrogen-bond donors (Lipinski definition) is 7. The summed E-state index contributed by atoms with van der Waals surface area (Å²) >= 11 is 0. The van der Waals surface area contributed by atoms with E-state index in [1.807, 2.05) is 36.4 Å². The molecule has 4 bridgehead atoms. The highest BCUT2D eigenvalue weighted by Gasteiger charge is 2.65. The minimum Gasteiger partial charge on any atom is -0.508 e. The molecule has 2 spiro atoms. The van der Waals surface area contributed by atoms with Gasteiger partial charge in [-0.15, -0.1) is 0 Å². The van der Waals surface area contributed by atoms with Crippen LogP contribution in [0, 0.1) is 41.4 Å². The second kappa shape index (κ2) is 19.5. The minimum absolute atomic E-state index is 0.0335. The molecule has 5 aromatic rings. The number of methoxy groups -OCH3 is 1. The Balaban J connectivity index is 0.971. The average Bonchev–Trinajstić information content (AvgIpc) is 4.13. The Labute approximate surface area is 438 Å². The predicted molar refractivity (Wildman–Crippen MR) is 282 cm³/mol. The molecular formula is C62H68N2O11. The summed E-state index contributed by atoms with van der Waals surface area (Å²) in [7, 11) is 1.70. The quantitative estimate of drug-likeness (QED) is 0.0400. The van der Waals surface area contributed by atoms with Gasteiger partial charge in [0.2, 0.25) is 0 Å². The molecular weight excluding hydrogens is 949 g/mol. The maximum absolute atomic E-state index is 13.5.